The molecule has 2 nitrogen and oxygen atoms in total. The summed E-state index contributed by atoms with van der Waals surface area (Å²) in [5, 5.41) is 0. The van der Waals surface area contributed by atoms with E-state index in [9.17, 15) is 4.79 Å². The zero-order chi connectivity index (χ0) is 8.27. The smallest absolute Gasteiger partial charge is 0.245 e. The van der Waals surface area contributed by atoms with Crippen LogP contribution in [0.4, 0.5) is 0 Å². The van der Waals surface area contributed by atoms with Crippen molar-refractivity contribution in [3.05, 3.63) is 12.7 Å². The summed E-state index contributed by atoms with van der Waals surface area (Å²) in [4.78, 5) is 13.0. The standard InChI is InChI=1S/C9H15NO.CH4/c1-3-9(11)10-6-4-5-8(2)7-10;/h3,8H,1,4-7H2,2H3;1H4. The summed E-state index contributed by atoms with van der Waals surface area (Å²) in [6, 6.07) is 0. The van der Waals surface area contributed by atoms with Crippen LogP contribution in [0.25, 0.3) is 0 Å². The minimum atomic E-state index is 0. The first-order chi connectivity index (χ1) is 5.24. The van der Waals surface area contributed by atoms with Gasteiger partial charge in [-0.25, -0.2) is 0 Å². The molecule has 70 valence electrons. The average molecular weight is 169 g/mol. The van der Waals surface area contributed by atoms with Gasteiger partial charge in [0, 0.05) is 13.1 Å². The van der Waals surface area contributed by atoms with Gasteiger partial charge in [0.1, 0.15) is 0 Å². The molecule has 1 aliphatic heterocycles. The van der Waals surface area contributed by atoms with Crippen molar-refractivity contribution in [2.75, 3.05) is 13.1 Å². The van der Waals surface area contributed by atoms with E-state index in [1.54, 1.807) is 0 Å². The van der Waals surface area contributed by atoms with Gasteiger partial charge < -0.3 is 4.90 Å². The molecule has 1 unspecified atom stereocenters. The molecule has 1 saturated heterocycles. The molecule has 12 heavy (non-hydrogen) atoms. The van der Waals surface area contributed by atoms with E-state index in [0.29, 0.717) is 5.92 Å². The number of amides is 1. The highest BCUT2D eigenvalue weighted by molar-refractivity contribution is 5.87. The molecule has 1 fully saturated rings. The molecule has 1 aliphatic rings. The van der Waals surface area contributed by atoms with Gasteiger partial charge in [-0.1, -0.05) is 20.9 Å². The average Bonchev–Trinajstić information content (AvgIpc) is 2.03. The first-order valence-corrected chi connectivity index (χ1v) is 4.15. The van der Waals surface area contributed by atoms with Crippen LogP contribution >= 0.6 is 0 Å². The Morgan fingerprint density at radius 1 is 1.67 bits per heavy atom. The molecule has 0 aromatic carbocycles. The molecule has 1 heterocycles. The van der Waals surface area contributed by atoms with Gasteiger partial charge in [-0.05, 0) is 24.8 Å². The highest BCUT2D eigenvalue weighted by Crippen LogP contribution is 2.15. The molecular formula is C10H19NO. The fraction of sp³-hybridized carbons (Fsp3) is 0.700. The molecule has 1 atom stereocenters. The van der Waals surface area contributed by atoms with E-state index in [4.69, 9.17) is 0 Å². The summed E-state index contributed by atoms with van der Waals surface area (Å²) < 4.78 is 0. The van der Waals surface area contributed by atoms with Gasteiger partial charge in [0.05, 0.1) is 0 Å². The van der Waals surface area contributed by atoms with Crippen LogP contribution in [0.3, 0.4) is 0 Å². The number of piperidine rings is 1. The first kappa shape index (κ1) is 11.2. The third-order valence-electron chi connectivity index (χ3n) is 2.14. The van der Waals surface area contributed by atoms with Gasteiger partial charge in [-0.15, -0.1) is 0 Å². The van der Waals surface area contributed by atoms with Gasteiger partial charge in [-0.3, -0.25) is 4.79 Å². The summed E-state index contributed by atoms with van der Waals surface area (Å²) in [5.74, 6) is 0.740. The Hall–Kier alpha value is -0.790. The van der Waals surface area contributed by atoms with Crippen molar-refractivity contribution in [2.24, 2.45) is 5.92 Å². The highest BCUT2D eigenvalue weighted by atomic mass is 16.2. The summed E-state index contributed by atoms with van der Waals surface area (Å²) >= 11 is 0. The predicted octanol–water partition coefficient (Wildman–Crippen LogP) is 2.07. The number of nitrogens with zero attached hydrogens (tertiary/aromatic N) is 1. The minimum absolute atomic E-state index is 0. The molecule has 0 spiro atoms. The number of carbonyl (C=O) groups excluding carboxylic acids is 1. The molecular weight excluding hydrogens is 150 g/mol. The quantitative estimate of drug-likeness (QED) is 0.550. The van der Waals surface area contributed by atoms with Gasteiger partial charge in [0.2, 0.25) is 5.91 Å². The van der Waals surface area contributed by atoms with Crippen LogP contribution in [0.5, 0.6) is 0 Å². The maximum atomic E-state index is 11.1. The SMILES string of the molecule is C.C=CC(=O)N1CCCC(C)C1. The topological polar surface area (TPSA) is 20.3 Å². The monoisotopic (exact) mass is 169 g/mol. The fourth-order valence-corrected chi connectivity index (χ4v) is 1.52. The van der Waals surface area contributed by atoms with Gasteiger partial charge in [0.25, 0.3) is 0 Å². The number of rotatable bonds is 1. The Morgan fingerprint density at radius 2 is 2.33 bits per heavy atom. The highest BCUT2D eigenvalue weighted by Gasteiger charge is 2.18. The molecule has 0 aromatic rings. The first-order valence-electron chi connectivity index (χ1n) is 4.15. The number of hydrogen-bond acceptors (Lipinski definition) is 1. The lowest BCUT2D eigenvalue weighted by atomic mass is 10.0. The minimum Gasteiger partial charge on any atom is -0.339 e. The van der Waals surface area contributed by atoms with Crippen LogP contribution < -0.4 is 0 Å². The number of likely N-dealkylation sites (tertiary alicyclic amines) is 1. The lowest BCUT2D eigenvalue weighted by Gasteiger charge is -2.29. The summed E-state index contributed by atoms with van der Waals surface area (Å²) in [5.41, 5.74) is 0. The van der Waals surface area contributed by atoms with E-state index in [1.165, 1.54) is 12.5 Å². The molecule has 1 rings (SSSR count). The van der Waals surface area contributed by atoms with Crippen LogP contribution in [0.1, 0.15) is 27.2 Å². The maximum absolute atomic E-state index is 11.1. The van der Waals surface area contributed by atoms with Gasteiger partial charge in [-0.2, -0.15) is 0 Å². The van der Waals surface area contributed by atoms with Crippen molar-refractivity contribution in [2.45, 2.75) is 27.2 Å². The zero-order valence-corrected chi connectivity index (χ0v) is 7.05. The van der Waals surface area contributed by atoms with Crippen LogP contribution in [-0.4, -0.2) is 23.9 Å². The maximum Gasteiger partial charge on any atom is 0.245 e. The van der Waals surface area contributed by atoms with E-state index in [1.807, 2.05) is 4.90 Å². The number of hydrogen-bond donors (Lipinski definition) is 0. The normalized spacial score (nSPS) is 22.8. The van der Waals surface area contributed by atoms with E-state index < -0.39 is 0 Å². The molecule has 0 aliphatic carbocycles. The predicted molar refractivity (Wildman–Crippen MR) is 51.9 cm³/mol. The second kappa shape index (κ2) is 4.96. The van der Waals surface area contributed by atoms with Crippen LogP contribution in [-0.2, 0) is 4.79 Å². The van der Waals surface area contributed by atoms with Crippen molar-refractivity contribution >= 4 is 5.91 Å². The molecule has 0 saturated carbocycles. The molecule has 0 N–H and O–H groups in total. The molecule has 0 bridgehead atoms. The Labute approximate surface area is 75.3 Å². The summed E-state index contributed by atoms with van der Waals surface area (Å²) in [6.07, 6.45) is 3.79. The van der Waals surface area contributed by atoms with Gasteiger partial charge in [0.15, 0.2) is 0 Å². The molecule has 0 radical (unpaired) electrons. The van der Waals surface area contributed by atoms with Crippen molar-refractivity contribution in [3.8, 4) is 0 Å². The third kappa shape index (κ3) is 2.68. The lowest BCUT2D eigenvalue weighted by Crippen LogP contribution is -2.37. The second-order valence-corrected chi connectivity index (χ2v) is 3.24. The second-order valence-electron chi connectivity index (χ2n) is 3.24. The Morgan fingerprint density at radius 3 is 2.83 bits per heavy atom. The van der Waals surface area contributed by atoms with E-state index in [2.05, 4.69) is 13.5 Å². The van der Waals surface area contributed by atoms with E-state index in [-0.39, 0.29) is 13.3 Å². The van der Waals surface area contributed by atoms with Crippen molar-refractivity contribution < 1.29 is 4.79 Å². The Balaban J connectivity index is 0.00000121. The summed E-state index contributed by atoms with van der Waals surface area (Å²) in [6.45, 7) is 7.47. The third-order valence-corrected chi connectivity index (χ3v) is 2.14. The largest absolute Gasteiger partial charge is 0.339 e. The van der Waals surface area contributed by atoms with Crippen LogP contribution in [0.15, 0.2) is 12.7 Å². The Kier molecular flexibility index (Phi) is 4.64. The zero-order valence-electron chi connectivity index (χ0n) is 7.05. The van der Waals surface area contributed by atoms with Crippen molar-refractivity contribution in [1.29, 1.82) is 0 Å². The molecule has 0 aromatic heterocycles. The fourth-order valence-electron chi connectivity index (χ4n) is 1.52. The van der Waals surface area contributed by atoms with E-state index >= 15 is 0 Å². The van der Waals surface area contributed by atoms with E-state index in [0.717, 1.165) is 19.5 Å². The molecule has 2 heteroatoms. The lowest BCUT2D eigenvalue weighted by molar-refractivity contribution is -0.127. The Bertz CT molecular complexity index is 165. The van der Waals surface area contributed by atoms with Crippen LogP contribution in [0.2, 0.25) is 0 Å². The van der Waals surface area contributed by atoms with Crippen molar-refractivity contribution in [1.82, 2.24) is 4.90 Å². The summed E-state index contributed by atoms with van der Waals surface area (Å²) in [7, 11) is 0. The van der Waals surface area contributed by atoms with Gasteiger partial charge >= 0.3 is 0 Å². The number of carbonyl (C=O) groups is 1. The van der Waals surface area contributed by atoms with Crippen LogP contribution in [0, 0.1) is 5.92 Å². The molecule has 1 amide bonds. The van der Waals surface area contributed by atoms with Crippen molar-refractivity contribution in [3.63, 3.8) is 0 Å².